The van der Waals surface area contributed by atoms with Gasteiger partial charge >= 0.3 is 0 Å². The van der Waals surface area contributed by atoms with Crippen LogP contribution in [0.1, 0.15) is 405 Å². The van der Waals surface area contributed by atoms with E-state index in [1.54, 1.807) is 65.4 Å². The highest BCUT2D eigenvalue weighted by atomic mass is 32.1. The van der Waals surface area contributed by atoms with Crippen LogP contribution < -0.4 is 0 Å². The smallest absolute Gasteiger partial charge is 0.226 e. The Hall–Kier alpha value is -11.9. The Morgan fingerprint density at radius 1 is 0.271 bits per heavy atom. The van der Waals surface area contributed by atoms with Gasteiger partial charge in [0, 0.05) is 98.6 Å². The first-order chi connectivity index (χ1) is 67.9. The summed E-state index contributed by atoms with van der Waals surface area (Å²) in [6, 6.07) is 45.0. The zero-order chi connectivity index (χ0) is 106. The lowest BCUT2D eigenvalue weighted by Crippen LogP contribution is -1.95. The van der Waals surface area contributed by atoms with E-state index < -0.39 is 0 Å². The molecule has 0 radical (unpaired) electrons. The molecule has 0 aliphatic carbocycles. The third-order valence-corrected chi connectivity index (χ3v) is 27.2. The van der Waals surface area contributed by atoms with Crippen molar-refractivity contribution in [1.82, 2.24) is 44.6 Å². The zero-order valence-electron chi connectivity index (χ0n) is 89.7. The van der Waals surface area contributed by atoms with Gasteiger partial charge in [-0.3, -0.25) is 0 Å². The maximum Gasteiger partial charge on any atom is 0.226 e. The number of nitrogens with zero attached hydrogens (tertiary/aromatic N) is 8. The van der Waals surface area contributed by atoms with Crippen molar-refractivity contribution in [3.8, 4) is 88.9 Å². The fraction of sp³-hybridized carbons (Fsp3) is 0.400. The summed E-state index contributed by atoms with van der Waals surface area (Å²) in [4.78, 5) is 27.3. The monoisotopic (exact) mass is 2020 g/mol. The van der Waals surface area contributed by atoms with Gasteiger partial charge in [0.25, 0.3) is 0 Å². The minimum atomic E-state index is -0.265. The summed E-state index contributed by atoms with van der Waals surface area (Å²) < 4.78 is 134. The summed E-state index contributed by atoms with van der Waals surface area (Å²) in [5, 5.41) is 12.3. The largest absolute Gasteiger partial charge is 0.441 e. The van der Waals surface area contributed by atoms with Gasteiger partial charge in [-0.1, -0.05) is 280 Å². The van der Waals surface area contributed by atoms with E-state index in [4.69, 9.17) is 17.9 Å². The van der Waals surface area contributed by atoms with Crippen LogP contribution in [0.2, 0.25) is 0 Å². The second kappa shape index (κ2) is 53.3. The highest BCUT2D eigenvalue weighted by Crippen LogP contribution is 2.42. The van der Waals surface area contributed by atoms with Crippen LogP contribution in [0.15, 0.2) is 212 Å². The van der Waals surface area contributed by atoms with E-state index in [0.717, 1.165) is 138 Å². The van der Waals surface area contributed by atoms with Gasteiger partial charge in [0.05, 0.1) is 49.2 Å². The van der Waals surface area contributed by atoms with Crippen LogP contribution in [0.4, 0.5) is 35.1 Å². The third-order valence-electron chi connectivity index (χ3n) is 23.9. The number of H-pyrrole nitrogens is 1. The predicted octanol–water partition coefficient (Wildman–Crippen LogP) is 39.0. The van der Waals surface area contributed by atoms with Gasteiger partial charge in [-0.2, -0.15) is 4.37 Å². The number of thiazole rings is 2. The molecule has 0 saturated carbocycles. The van der Waals surface area contributed by atoms with E-state index in [1.165, 1.54) is 95.5 Å². The number of hydrogen-bond donors (Lipinski definition) is 1. The predicted molar refractivity (Wildman–Crippen MR) is 580 cm³/mol. The summed E-state index contributed by atoms with van der Waals surface area (Å²) in [5.41, 5.74) is 20.4. The first kappa shape index (κ1) is 116. The van der Waals surface area contributed by atoms with Gasteiger partial charge in [-0.15, -0.1) is 22.7 Å². The fourth-order valence-electron chi connectivity index (χ4n) is 15.5. The van der Waals surface area contributed by atoms with E-state index in [9.17, 15) is 35.1 Å². The molecular weight excluding hydrogens is 1880 g/mol. The van der Waals surface area contributed by atoms with Crippen molar-refractivity contribution >= 4 is 34.2 Å². The van der Waals surface area contributed by atoms with Crippen LogP contribution >= 0.6 is 34.2 Å². The first-order valence-electron chi connectivity index (χ1n) is 50.1. The van der Waals surface area contributed by atoms with Crippen LogP contribution in [0.5, 0.6) is 0 Å². The van der Waals surface area contributed by atoms with Gasteiger partial charge in [0.2, 0.25) is 5.89 Å². The van der Waals surface area contributed by atoms with E-state index in [1.807, 2.05) is 114 Å². The highest BCUT2D eigenvalue weighted by Gasteiger charge is 2.25. The van der Waals surface area contributed by atoms with E-state index in [0.29, 0.717) is 106 Å². The molecule has 0 saturated heterocycles. The lowest BCUT2D eigenvalue weighted by Gasteiger charge is -2.11. The van der Waals surface area contributed by atoms with Gasteiger partial charge < -0.3 is 22.9 Å². The molecule has 0 spiro atoms. The molecule has 0 unspecified atom stereocenters. The fourth-order valence-corrected chi connectivity index (χ4v) is 18.2. The van der Waals surface area contributed by atoms with E-state index in [-0.39, 0.29) is 64.3 Å². The topological polar surface area (TPSA) is 171 Å². The average molecular weight is 2030 g/mol. The van der Waals surface area contributed by atoms with Crippen molar-refractivity contribution in [2.24, 2.45) is 0 Å². The molecule has 0 atom stereocenters. The van der Waals surface area contributed by atoms with Crippen molar-refractivity contribution in [2.45, 2.75) is 316 Å². The molecule has 8 aromatic heterocycles. The van der Waals surface area contributed by atoms with Crippen molar-refractivity contribution in [3.63, 3.8) is 0 Å². The molecule has 8 heterocycles. The lowest BCUT2D eigenvalue weighted by molar-refractivity contribution is 0.373. The molecule has 1 N–H and O–H groups in total. The Labute approximate surface area is 860 Å². The number of hydrogen-bond acceptors (Lipinski definition) is 15. The molecule has 0 aliphatic rings. The van der Waals surface area contributed by atoms with Crippen LogP contribution in [-0.2, 0) is 0 Å². The number of rotatable bonds is 24. The van der Waals surface area contributed by atoms with E-state index in [2.05, 4.69) is 231 Å². The van der Waals surface area contributed by atoms with Crippen molar-refractivity contribution in [1.29, 1.82) is 0 Å². The van der Waals surface area contributed by atoms with Crippen molar-refractivity contribution in [3.05, 3.63) is 330 Å². The van der Waals surface area contributed by atoms with Crippen LogP contribution in [0.25, 0.3) is 88.9 Å². The summed E-state index contributed by atoms with van der Waals surface area (Å²) in [7, 11) is 0. The quantitative estimate of drug-likeness (QED) is 0.0569. The zero-order valence-corrected chi connectivity index (χ0v) is 92.1. The van der Waals surface area contributed by atoms with Crippen molar-refractivity contribution < 1.29 is 53.0 Å². The van der Waals surface area contributed by atoms with Gasteiger partial charge in [-0.05, 0) is 235 Å². The maximum atomic E-state index is 13.4. The van der Waals surface area contributed by atoms with Gasteiger partial charge in [-0.25, -0.2) is 60.0 Å². The van der Waals surface area contributed by atoms with Gasteiger partial charge in [0.1, 0.15) is 69.6 Å². The molecule has 144 heavy (non-hydrogen) atoms. The Bertz CT molecular complexity index is 5550. The number of aromatic nitrogens is 9. The summed E-state index contributed by atoms with van der Waals surface area (Å²) in [6.07, 6.45) is 7.08. The molecule has 16 aromatic rings. The SMILES string of the molecule is CC(C)c1cc(-c2cc(F)ccc2C(C)C)no1.CC(C)c1cc(-c2cc(F)ccc2C(C)C)on1.CC(C)c1cc(-c2cc(F)ccc2C(C)C)sn1.CC(C)c1cnc(-c2cc(F)ccc2C(C)C)[nH]1.CC(C)c1cnc(-c2cc(F)ccc2C(C)C)o1.CC(C)c1nc(-c2cc(F)ccc2C(C)C)cs1.CC(C)c1ncc(-c2cc(F)ccc2C(C)C)o1.CC(C)c1ncc(-c2cc(F)ccc2C(C)C)s1. The lowest BCUT2D eigenvalue weighted by atomic mass is 9.95. The number of oxazole rings is 2. The Balaban J connectivity index is 0.000000183. The van der Waals surface area contributed by atoms with Gasteiger partial charge in [0.15, 0.2) is 17.4 Å². The highest BCUT2D eigenvalue weighted by molar-refractivity contribution is 7.15. The molecule has 13 nitrogen and oxygen atoms in total. The number of benzene rings is 8. The Morgan fingerprint density at radius 2 is 0.660 bits per heavy atom. The molecule has 0 fully saturated rings. The number of nitrogens with one attached hydrogen (secondary N) is 1. The molecule has 16 rings (SSSR count). The molecule has 24 heteroatoms. The van der Waals surface area contributed by atoms with Crippen LogP contribution in [-0.4, -0.2) is 44.6 Å². The average Bonchev–Trinajstić information content (AvgIpc) is 1.70. The number of halogens is 8. The molecule has 0 amide bonds. The minimum absolute atomic E-state index is 0.186. The molecule has 768 valence electrons. The Kier molecular flexibility index (Phi) is 42.8. The third kappa shape index (κ3) is 32.1. The van der Waals surface area contributed by atoms with Crippen molar-refractivity contribution in [2.75, 3.05) is 0 Å². The number of aromatic amines is 1. The standard InChI is InChI=1S/C15H19FN2.4C15H18FNO.3C15H18FNS/c1-9(2)12-6-5-11(16)7-13(12)15-17-8-14(18-15)10(3)4;1-9(2)12-6-5-11(16)7-13(12)14-8-17-15(18-14)10(3)4;1-9(2)12-6-5-11(16)7-13(12)14-8-15(10(3)4)18-17-14;1-9(2)12-6-5-11(16)7-13(12)15-17-8-14(18-15)10(3)4;1-9(2)12-6-5-11(16)7-13(12)15-8-14(10(3)4)17-18-15;1-9(2)12-6-5-11(16)7-13(12)14-8-18-15(17-14)10(3)4;1-9(2)12-6-5-11(16)7-13(12)14-8-17-15(18-14)10(3)4;1-9(2)12-6-5-11(16)7-13(12)15-8-14(10(3)4)17-18-15/h5-10H,1-4H3,(H,17,18);7*5-10H,1-4H3. The van der Waals surface area contributed by atoms with Crippen LogP contribution in [0, 0.1) is 46.5 Å². The minimum Gasteiger partial charge on any atom is -0.441 e. The van der Waals surface area contributed by atoms with Crippen LogP contribution in [0.3, 0.4) is 0 Å². The maximum absolute atomic E-state index is 13.4. The normalized spacial score (nSPS) is 11.5. The molecule has 8 aromatic carbocycles. The number of imidazole rings is 1. The first-order valence-corrected chi connectivity index (χ1v) is 52.5. The second-order valence-corrected chi connectivity index (χ2v) is 43.9. The summed E-state index contributed by atoms with van der Waals surface area (Å²) in [5.74, 6) is 8.49. The molecule has 0 aliphatic heterocycles. The molecule has 0 bridgehead atoms. The second-order valence-electron chi connectivity index (χ2n) is 41.1. The summed E-state index contributed by atoms with van der Waals surface area (Å²) >= 11 is 4.76. The Morgan fingerprint density at radius 3 is 1.03 bits per heavy atom. The van der Waals surface area contributed by atoms with E-state index >= 15 is 0 Å². The molecular formula is C120H145F8N9O4S3. The summed E-state index contributed by atoms with van der Waals surface area (Å²) in [6.45, 7) is 66.8.